The standard InChI is InChI=1S/C46H35N/c1-33(22-23-34-24-25-35-12-5-6-13-38(35)30-34)37-15-11-18-42(31-37)47(40-16-3-2-4-17-40)41-28-26-36(27-29-41)46-32-39-14-7-8-19-43(39)44-20-9-10-21-45(44)46/h2-21,24-32H,1,22-23H2. The molecule has 8 aromatic rings. The molecule has 0 amide bonds. The molecule has 1 heteroatoms. The molecule has 8 aromatic carbocycles. The molecular formula is C46H35N. The number of anilines is 3. The number of rotatable bonds is 8. The summed E-state index contributed by atoms with van der Waals surface area (Å²) in [7, 11) is 0. The lowest BCUT2D eigenvalue weighted by molar-refractivity contribution is 1.02. The summed E-state index contributed by atoms with van der Waals surface area (Å²) in [6.07, 6.45) is 1.86. The molecule has 8 rings (SSSR count). The summed E-state index contributed by atoms with van der Waals surface area (Å²) in [6, 6.07) is 63.5. The predicted molar refractivity (Wildman–Crippen MR) is 203 cm³/mol. The van der Waals surface area contributed by atoms with Crippen molar-refractivity contribution in [2.45, 2.75) is 12.8 Å². The van der Waals surface area contributed by atoms with E-state index in [4.69, 9.17) is 0 Å². The van der Waals surface area contributed by atoms with E-state index in [0.29, 0.717) is 0 Å². The van der Waals surface area contributed by atoms with Crippen LogP contribution < -0.4 is 4.90 Å². The van der Waals surface area contributed by atoms with Crippen molar-refractivity contribution in [2.75, 3.05) is 4.90 Å². The van der Waals surface area contributed by atoms with Crippen molar-refractivity contribution < 1.29 is 0 Å². The summed E-state index contributed by atoms with van der Waals surface area (Å²) in [5.74, 6) is 0. The monoisotopic (exact) mass is 601 g/mol. The molecule has 47 heavy (non-hydrogen) atoms. The van der Waals surface area contributed by atoms with E-state index in [0.717, 1.165) is 35.5 Å². The fourth-order valence-electron chi connectivity index (χ4n) is 6.81. The third kappa shape index (κ3) is 5.69. The molecule has 0 radical (unpaired) electrons. The minimum Gasteiger partial charge on any atom is -0.310 e. The maximum Gasteiger partial charge on any atom is 0.0467 e. The van der Waals surface area contributed by atoms with Crippen molar-refractivity contribution in [3.05, 3.63) is 194 Å². The molecule has 224 valence electrons. The Morgan fingerprint density at radius 1 is 0.447 bits per heavy atom. The largest absolute Gasteiger partial charge is 0.310 e. The van der Waals surface area contributed by atoms with Gasteiger partial charge in [0.05, 0.1) is 0 Å². The Kier molecular flexibility index (Phi) is 7.57. The predicted octanol–water partition coefficient (Wildman–Crippen LogP) is 12.9. The molecule has 0 aromatic heterocycles. The Morgan fingerprint density at radius 2 is 1.09 bits per heavy atom. The van der Waals surface area contributed by atoms with Gasteiger partial charge in [-0.3, -0.25) is 0 Å². The number of nitrogens with zero attached hydrogens (tertiary/aromatic N) is 1. The van der Waals surface area contributed by atoms with Gasteiger partial charge < -0.3 is 4.90 Å². The lowest BCUT2D eigenvalue weighted by Crippen LogP contribution is -2.10. The molecule has 0 bridgehead atoms. The Hall–Kier alpha value is -5.92. The van der Waals surface area contributed by atoms with E-state index in [1.807, 2.05) is 0 Å². The van der Waals surface area contributed by atoms with Gasteiger partial charge in [0.15, 0.2) is 0 Å². The Morgan fingerprint density at radius 3 is 1.89 bits per heavy atom. The summed E-state index contributed by atoms with van der Waals surface area (Å²) in [6.45, 7) is 4.52. The minimum atomic E-state index is 0.904. The molecule has 1 nitrogen and oxygen atoms in total. The Bertz CT molecular complexity index is 2370. The average molecular weight is 602 g/mol. The molecule has 0 heterocycles. The number of fused-ring (bicyclic) bond motifs is 4. The normalized spacial score (nSPS) is 11.2. The third-order valence-electron chi connectivity index (χ3n) is 9.26. The van der Waals surface area contributed by atoms with Crippen molar-refractivity contribution in [1.82, 2.24) is 0 Å². The number of para-hydroxylation sites is 1. The van der Waals surface area contributed by atoms with Crippen LogP contribution in [-0.4, -0.2) is 0 Å². The van der Waals surface area contributed by atoms with Crippen molar-refractivity contribution in [2.24, 2.45) is 0 Å². The Labute approximate surface area is 276 Å². The first-order valence-electron chi connectivity index (χ1n) is 16.3. The van der Waals surface area contributed by atoms with E-state index >= 15 is 0 Å². The van der Waals surface area contributed by atoms with Gasteiger partial charge in [0.25, 0.3) is 0 Å². The second-order valence-corrected chi connectivity index (χ2v) is 12.2. The molecule has 0 unspecified atom stereocenters. The number of allylic oxidation sites excluding steroid dienone is 1. The van der Waals surface area contributed by atoms with Crippen LogP contribution >= 0.6 is 0 Å². The maximum absolute atomic E-state index is 4.52. The van der Waals surface area contributed by atoms with Crippen molar-refractivity contribution >= 4 is 55.0 Å². The van der Waals surface area contributed by atoms with Crippen LogP contribution in [0.1, 0.15) is 17.5 Å². The van der Waals surface area contributed by atoms with Crippen LogP contribution in [0, 0.1) is 0 Å². The van der Waals surface area contributed by atoms with E-state index in [-0.39, 0.29) is 0 Å². The molecule has 0 saturated carbocycles. The van der Waals surface area contributed by atoms with Gasteiger partial charge in [-0.25, -0.2) is 0 Å². The molecule has 0 N–H and O–H groups in total. The zero-order valence-corrected chi connectivity index (χ0v) is 26.3. The number of hydrogen-bond donors (Lipinski definition) is 0. The SMILES string of the molecule is C=C(CCc1ccc2ccccc2c1)c1cccc(N(c2ccccc2)c2ccc(-c3cc4ccccc4c4ccccc34)cc2)c1. The van der Waals surface area contributed by atoms with Crippen LogP contribution in [0.2, 0.25) is 0 Å². The molecule has 0 spiro atoms. The fraction of sp³-hybridized carbons (Fsp3) is 0.0435. The van der Waals surface area contributed by atoms with Gasteiger partial charge in [-0.15, -0.1) is 0 Å². The molecule has 0 atom stereocenters. The highest BCUT2D eigenvalue weighted by molar-refractivity contribution is 6.13. The van der Waals surface area contributed by atoms with Gasteiger partial charge in [-0.2, -0.15) is 0 Å². The second kappa shape index (κ2) is 12.5. The van der Waals surface area contributed by atoms with Gasteiger partial charge in [0.1, 0.15) is 0 Å². The molecule has 0 aliphatic carbocycles. The van der Waals surface area contributed by atoms with Gasteiger partial charge in [0.2, 0.25) is 0 Å². The van der Waals surface area contributed by atoms with E-state index in [1.54, 1.807) is 0 Å². The number of aryl methyl sites for hydroxylation is 1. The van der Waals surface area contributed by atoms with Crippen LogP contribution in [0.15, 0.2) is 183 Å². The zero-order chi connectivity index (χ0) is 31.6. The van der Waals surface area contributed by atoms with E-state index in [9.17, 15) is 0 Å². The molecule has 0 saturated heterocycles. The number of benzene rings is 8. The van der Waals surface area contributed by atoms with Gasteiger partial charge in [-0.1, -0.05) is 140 Å². The van der Waals surface area contributed by atoms with Gasteiger partial charge in [0, 0.05) is 17.1 Å². The highest BCUT2D eigenvalue weighted by Crippen LogP contribution is 2.39. The molecule has 0 aliphatic heterocycles. The van der Waals surface area contributed by atoms with Crippen LogP contribution in [-0.2, 0) is 6.42 Å². The third-order valence-corrected chi connectivity index (χ3v) is 9.26. The number of hydrogen-bond acceptors (Lipinski definition) is 1. The highest BCUT2D eigenvalue weighted by atomic mass is 15.1. The maximum atomic E-state index is 4.52. The average Bonchev–Trinajstić information content (AvgIpc) is 3.14. The first-order chi connectivity index (χ1) is 23.2. The summed E-state index contributed by atoms with van der Waals surface area (Å²) >= 11 is 0. The fourth-order valence-corrected chi connectivity index (χ4v) is 6.81. The lowest BCUT2D eigenvalue weighted by atomic mass is 9.93. The second-order valence-electron chi connectivity index (χ2n) is 12.2. The summed E-state index contributed by atoms with van der Waals surface area (Å²) in [4.78, 5) is 2.34. The molecular weight excluding hydrogens is 567 g/mol. The lowest BCUT2D eigenvalue weighted by Gasteiger charge is -2.26. The van der Waals surface area contributed by atoms with E-state index < -0.39 is 0 Å². The van der Waals surface area contributed by atoms with Gasteiger partial charge >= 0.3 is 0 Å². The van der Waals surface area contributed by atoms with Crippen LogP contribution in [0.3, 0.4) is 0 Å². The Balaban J connectivity index is 1.11. The zero-order valence-electron chi connectivity index (χ0n) is 26.3. The van der Waals surface area contributed by atoms with Crippen molar-refractivity contribution in [1.29, 1.82) is 0 Å². The minimum absolute atomic E-state index is 0.904. The van der Waals surface area contributed by atoms with E-state index in [2.05, 4.69) is 187 Å². The quantitative estimate of drug-likeness (QED) is 0.157. The van der Waals surface area contributed by atoms with Gasteiger partial charge in [-0.05, 0) is 115 Å². The van der Waals surface area contributed by atoms with Crippen LogP contribution in [0.5, 0.6) is 0 Å². The summed E-state index contributed by atoms with van der Waals surface area (Å²) in [5.41, 5.74) is 9.46. The summed E-state index contributed by atoms with van der Waals surface area (Å²) < 4.78 is 0. The first kappa shape index (κ1) is 28.5. The van der Waals surface area contributed by atoms with Crippen LogP contribution in [0.4, 0.5) is 17.1 Å². The highest BCUT2D eigenvalue weighted by Gasteiger charge is 2.15. The van der Waals surface area contributed by atoms with Crippen LogP contribution in [0.25, 0.3) is 49.0 Å². The van der Waals surface area contributed by atoms with Crippen molar-refractivity contribution in [3.63, 3.8) is 0 Å². The summed E-state index contributed by atoms with van der Waals surface area (Å²) in [5, 5.41) is 7.67. The molecule has 0 fully saturated rings. The molecule has 0 aliphatic rings. The van der Waals surface area contributed by atoms with Crippen molar-refractivity contribution in [3.8, 4) is 11.1 Å². The topological polar surface area (TPSA) is 3.24 Å². The smallest absolute Gasteiger partial charge is 0.0467 e. The first-order valence-corrected chi connectivity index (χ1v) is 16.3. The van der Waals surface area contributed by atoms with E-state index in [1.165, 1.54) is 54.6 Å².